The molecule has 0 saturated carbocycles. The van der Waals surface area contributed by atoms with E-state index in [0.717, 1.165) is 44.7 Å². The highest BCUT2D eigenvalue weighted by Gasteiger charge is 2.24. The van der Waals surface area contributed by atoms with Gasteiger partial charge in [0.1, 0.15) is 49.4 Å². The lowest BCUT2D eigenvalue weighted by atomic mass is 9.89. The lowest BCUT2D eigenvalue weighted by Crippen LogP contribution is -2.14. The summed E-state index contributed by atoms with van der Waals surface area (Å²) >= 11 is 0. The number of fused-ring (bicyclic) bond motifs is 8. The highest BCUT2D eigenvalue weighted by Crippen LogP contribution is 2.40. The molecule has 0 fully saturated rings. The van der Waals surface area contributed by atoms with Gasteiger partial charge in [-0.05, 0) is 102 Å². The number of ether oxygens (including phenoxy) is 8. The maximum Gasteiger partial charge on any atom is 0.335 e. The third-order valence-corrected chi connectivity index (χ3v) is 9.57. The van der Waals surface area contributed by atoms with E-state index in [-0.39, 0.29) is 18.8 Å². The molecule has 308 valence electrons. The van der Waals surface area contributed by atoms with Crippen molar-refractivity contribution in [3.05, 3.63) is 116 Å². The molecule has 5 rings (SSSR count). The fraction of sp³-hybridized carbons (Fsp3) is 0.457. The average molecular weight is 787 g/mol. The summed E-state index contributed by atoms with van der Waals surface area (Å²) in [7, 11) is 0. The van der Waals surface area contributed by atoms with Gasteiger partial charge in [-0.3, -0.25) is 0 Å². The molecule has 0 atom stereocenters. The minimum Gasteiger partial charge on any atom is -0.491 e. The number of hydrogen-bond acceptors (Lipinski definition) is 10. The Bertz CT molecular complexity index is 1780. The van der Waals surface area contributed by atoms with E-state index in [1.807, 2.05) is 76.2 Å². The van der Waals surface area contributed by atoms with Crippen LogP contribution >= 0.6 is 0 Å². The first-order chi connectivity index (χ1) is 27.9. The van der Waals surface area contributed by atoms with E-state index >= 15 is 0 Å². The lowest BCUT2D eigenvalue weighted by Gasteiger charge is -2.23. The Balaban J connectivity index is 1.77. The second-order valence-corrected chi connectivity index (χ2v) is 13.5. The van der Waals surface area contributed by atoms with Crippen LogP contribution in [-0.4, -0.2) is 95.5 Å². The number of hydrogen-bond donors (Lipinski definition) is 2. The highest BCUT2D eigenvalue weighted by molar-refractivity contribution is 5.88. The monoisotopic (exact) mass is 786 g/mol. The SMILES string of the molecule is CCOCCOc1c2cccc1Cc1cc(C(=O)O)cc(c1OCCOCC)Cc1cccc(c1OCCOCC)Cc1cc(CO)cc(c1OCCOCC)C2. The zero-order valence-corrected chi connectivity index (χ0v) is 33.9. The van der Waals surface area contributed by atoms with Crippen molar-refractivity contribution in [3.8, 4) is 23.0 Å². The topological polar surface area (TPSA) is 131 Å². The van der Waals surface area contributed by atoms with E-state index in [2.05, 4.69) is 0 Å². The van der Waals surface area contributed by atoms with Crippen molar-refractivity contribution < 1.29 is 52.9 Å². The molecule has 11 heteroatoms. The van der Waals surface area contributed by atoms with Crippen LogP contribution in [-0.2, 0) is 51.2 Å². The Morgan fingerprint density at radius 1 is 0.474 bits per heavy atom. The summed E-state index contributed by atoms with van der Waals surface area (Å²) in [5.74, 6) is 1.64. The predicted octanol–water partition coefficient (Wildman–Crippen LogP) is 7.21. The average Bonchev–Trinajstić information content (AvgIpc) is 3.20. The van der Waals surface area contributed by atoms with Gasteiger partial charge in [-0.2, -0.15) is 0 Å². The predicted molar refractivity (Wildman–Crippen MR) is 218 cm³/mol. The van der Waals surface area contributed by atoms with E-state index in [9.17, 15) is 15.0 Å². The summed E-state index contributed by atoms with van der Waals surface area (Å²) in [6.07, 6.45) is 1.51. The molecule has 11 nitrogen and oxygen atoms in total. The Hall–Kier alpha value is -4.65. The van der Waals surface area contributed by atoms with Crippen LogP contribution in [0.5, 0.6) is 23.0 Å². The molecule has 57 heavy (non-hydrogen) atoms. The number of carbonyl (C=O) groups is 1. The number of rotatable bonds is 22. The molecular weight excluding hydrogens is 728 g/mol. The Kier molecular flexibility index (Phi) is 17.5. The van der Waals surface area contributed by atoms with Gasteiger partial charge >= 0.3 is 5.97 Å². The summed E-state index contributed by atoms with van der Waals surface area (Å²) in [5.41, 5.74) is 7.63. The van der Waals surface area contributed by atoms with Gasteiger partial charge in [0.05, 0.1) is 38.6 Å². The zero-order valence-electron chi connectivity index (χ0n) is 33.9. The zero-order chi connectivity index (χ0) is 40.4. The first kappa shape index (κ1) is 43.5. The molecule has 4 aromatic carbocycles. The maximum atomic E-state index is 12.7. The van der Waals surface area contributed by atoms with Crippen LogP contribution in [0.2, 0.25) is 0 Å². The number of aliphatic hydroxyl groups is 1. The number of benzene rings is 4. The first-order valence-electron chi connectivity index (χ1n) is 20.1. The second kappa shape index (κ2) is 22.9. The molecule has 0 amide bonds. The van der Waals surface area contributed by atoms with Crippen molar-refractivity contribution in [1.29, 1.82) is 0 Å². The molecule has 0 radical (unpaired) electrons. The highest BCUT2D eigenvalue weighted by atomic mass is 16.5. The van der Waals surface area contributed by atoms with Crippen LogP contribution in [0.3, 0.4) is 0 Å². The van der Waals surface area contributed by atoms with Gasteiger partial charge in [0, 0.05) is 52.1 Å². The summed E-state index contributed by atoms with van der Waals surface area (Å²) < 4.78 is 48.9. The van der Waals surface area contributed by atoms with Crippen molar-refractivity contribution in [2.45, 2.75) is 60.0 Å². The van der Waals surface area contributed by atoms with Gasteiger partial charge in [-0.15, -0.1) is 0 Å². The van der Waals surface area contributed by atoms with E-state index in [1.165, 1.54) is 0 Å². The Morgan fingerprint density at radius 2 is 0.772 bits per heavy atom. The fourth-order valence-electron chi connectivity index (χ4n) is 7.10. The van der Waals surface area contributed by atoms with E-state index in [0.29, 0.717) is 127 Å². The van der Waals surface area contributed by atoms with Crippen molar-refractivity contribution in [1.82, 2.24) is 0 Å². The standard InChI is InChI=1S/C46H58O11/c1-5-50-15-19-54-42-33-11-9-13-35(42)27-39-29-41(46(48)49)30-40(45(39)57-22-18-53-8-4)28-36-14-10-12-34(43(36)55-20-16-51-6-2)26-38-24-32(31-47)23-37(25-33)44(38)56-21-17-52-7-3/h9-14,23-24,29-30,47H,5-8,15-22,25-28,31H2,1-4H3,(H,48,49). The Labute approximate surface area is 336 Å². The number of para-hydroxylation sites is 2. The minimum atomic E-state index is -1.04. The van der Waals surface area contributed by atoms with Gasteiger partial charge in [0.25, 0.3) is 0 Å². The van der Waals surface area contributed by atoms with E-state index in [4.69, 9.17) is 37.9 Å². The van der Waals surface area contributed by atoms with Crippen LogP contribution in [0.25, 0.3) is 0 Å². The molecule has 1 aliphatic carbocycles. The van der Waals surface area contributed by atoms with Crippen LogP contribution in [0.1, 0.15) is 88.1 Å². The molecule has 0 aliphatic heterocycles. The molecule has 4 aromatic rings. The number of carboxylic acid groups (broad SMARTS) is 1. The number of carboxylic acids is 1. The maximum absolute atomic E-state index is 12.7. The molecular formula is C46H58O11. The van der Waals surface area contributed by atoms with Crippen LogP contribution < -0.4 is 18.9 Å². The smallest absolute Gasteiger partial charge is 0.335 e. The van der Waals surface area contributed by atoms with Crippen molar-refractivity contribution in [3.63, 3.8) is 0 Å². The van der Waals surface area contributed by atoms with Crippen LogP contribution in [0.4, 0.5) is 0 Å². The van der Waals surface area contributed by atoms with Crippen LogP contribution in [0.15, 0.2) is 60.7 Å². The summed E-state index contributed by atoms with van der Waals surface area (Å²) in [5, 5.41) is 21.0. The van der Waals surface area contributed by atoms with Crippen LogP contribution in [0, 0.1) is 0 Å². The lowest BCUT2D eigenvalue weighted by molar-refractivity contribution is 0.0696. The summed E-state index contributed by atoms with van der Waals surface area (Å²) in [4.78, 5) is 12.7. The molecule has 1 aliphatic rings. The molecule has 0 heterocycles. The van der Waals surface area contributed by atoms with E-state index in [1.54, 1.807) is 12.1 Å². The minimum absolute atomic E-state index is 0.151. The molecule has 0 aromatic heterocycles. The first-order valence-corrected chi connectivity index (χ1v) is 20.1. The number of aliphatic hydroxyl groups excluding tert-OH is 1. The van der Waals surface area contributed by atoms with Gasteiger partial charge in [0.2, 0.25) is 0 Å². The molecule has 0 unspecified atom stereocenters. The molecule has 0 saturated heterocycles. The van der Waals surface area contributed by atoms with Gasteiger partial charge in [-0.25, -0.2) is 4.79 Å². The normalized spacial score (nSPS) is 12.3. The largest absolute Gasteiger partial charge is 0.491 e. The second-order valence-electron chi connectivity index (χ2n) is 13.5. The Morgan fingerprint density at radius 3 is 1.05 bits per heavy atom. The fourth-order valence-corrected chi connectivity index (χ4v) is 7.10. The third kappa shape index (κ3) is 12.2. The van der Waals surface area contributed by atoms with E-state index < -0.39 is 5.97 Å². The summed E-state index contributed by atoms with van der Waals surface area (Å²) in [6, 6.07) is 19.4. The third-order valence-electron chi connectivity index (χ3n) is 9.57. The van der Waals surface area contributed by atoms with Crippen molar-refractivity contribution in [2.24, 2.45) is 0 Å². The van der Waals surface area contributed by atoms with Gasteiger partial charge in [0.15, 0.2) is 0 Å². The van der Waals surface area contributed by atoms with Gasteiger partial charge < -0.3 is 48.1 Å². The quantitative estimate of drug-likeness (QED) is 0.0690. The number of aromatic carboxylic acids is 1. The van der Waals surface area contributed by atoms with Gasteiger partial charge in [-0.1, -0.05) is 36.4 Å². The molecule has 2 N–H and O–H groups in total. The summed E-state index contributed by atoms with van der Waals surface area (Å²) in [6.45, 7) is 12.7. The molecule has 8 bridgehead atoms. The van der Waals surface area contributed by atoms with Crippen molar-refractivity contribution >= 4 is 5.97 Å². The van der Waals surface area contributed by atoms with Crippen molar-refractivity contribution in [2.75, 3.05) is 79.3 Å². The molecule has 0 spiro atoms.